The highest BCUT2D eigenvalue weighted by atomic mass is 19.1. The number of terminal acetylenes is 1. The first-order valence-corrected chi connectivity index (χ1v) is 15.5. The summed E-state index contributed by atoms with van der Waals surface area (Å²) in [6.07, 6.45) is 13.7. The average molecular weight is 593 g/mol. The van der Waals surface area contributed by atoms with Crippen molar-refractivity contribution in [3.05, 3.63) is 65.9 Å². The number of piperidine rings is 1. The smallest absolute Gasteiger partial charge is 0.319 e. The molecule has 4 saturated heterocycles. The molecule has 3 unspecified atom stereocenters. The van der Waals surface area contributed by atoms with E-state index < -0.39 is 11.6 Å². The molecule has 2 aromatic carbocycles. The van der Waals surface area contributed by atoms with Crippen molar-refractivity contribution in [2.75, 3.05) is 37.7 Å². The van der Waals surface area contributed by atoms with Gasteiger partial charge in [0.15, 0.2) is 5.82 Å². The maximum atomic E-state index is 16.8. The minimum atomic E-state index is -0.611. The second kappa shape index (κ2) is 10.5. The first-order valence-electron chi connectivity index (χ1n) is 15.5. The van der Waals surface area contributed by atoms with Crippen molar-refractivity contribution >= 4 is 27.5 Å². The molecule has 7 nitrogen and oxygen atoms in total. The molecule has 0 radical (unpaired) electrons. The van der Waals surface area contributed by atoms with E-state index in [1.807, 2.05) is 6.07 Å². The minimum Gasteiger partial charge on any atom is -0.461 e. The second-order valence-electron chi connectivity index (χ2n) is 12.8. The van der Waals surface area contributed by atoms with E-state index >= 15 is 4.39 Å². The van der Waals surface area contributed by atoms with Gasteiger partial charge in [-0.15, -0.1) is 6.42 Å². The average Bonchev–Trinajstić information content (AvgIpc) is 3.56. The summed E-state index contributed by atoms with van der Waals surface area (Å²) in [5, 5.41) is 5.33. The van der Waals surface area contributed by atoms with Gasteiger partial charge in [-0.05, 0) is 50.1 Å². The lowest BCUT2D eigenvalue weighted by Crippen LogP contribution is -2.52. The maximum absolute atomic E-state index is 16.8. The number of piperazine rings is 1. The molecule has 3 atom stereocenters. The fraction of sp³-hybridized carbons (Fsp3) is 0.400. The molecule has 224 valence electrons. The highest BCUT2D eigenvalue weighted by Gasteiger charge is 2.45. The number of aromatic nitrogens is 3. The van der Waals surface area contributed by atoms with Crippen LogP contribution in [-0.2, 0) is 0 Å². The van der Waals surface area contributed by atoms with Crippen LogP contribution in [0, 0.1) is 24.0 Å². The Morgan fingerprint density at radius 2 is 1.95 bits per heavy atom. The Hall–Kier alpha value is -4.13. The third kappa shape index (κ3) is 4.42. The van der Waals surface area contributed by atoms with Gasteiger partial charge >= 0.3 is 6.01 Å². The predicted molar refractivity (Wildman–Crippen MR) is 168 cm³/mol. The van der Waals surface area contributed by atoms with Crippen molar-refractivity contribution in [3.8, 4) is 29.6 Å². The first kappa shape index (κ1) is 27.4. The van der Waals surface area contributed by atoms with Gasteiger partial charge in [0.25, 0.3) is 0 Å². The van der Waals surface area contributed by atoms with Crippen molar-refractivity contribution in [3.63, 3.8) is 0 Å². The fourth-order valence-corrected chi connectivity index (χ4v) is 7.98. The lowest BCUT2D eigenvalue weighted by Gasteiger charge is -2.41. The molecule has 4 aliphatic heterocycles. The van der Waals surface area contributed by atoms with Crippen molar-refractivity contribution in [2.24, 2.45) is 0 Å². The quantitative estimate of drug-likeness (QED) is 0.239. The van der Waals surface area contributed by atoms with E-state index in [9.17, 15) is 4.39 Å². The van der Waals surface area contributed by atoms with Crippen LogP contribution in [0.1, 0.15) is 44.1 Å². The monoisotopic (exact) mass is 592 g/mol. The SMILES string of the molecule is C#Cc1c(F)ccc2cccc(-c3ncc4c(N5CC6CCC(C5)N6)nc(OCC56CCCCN5CC(=C)C6)nc4c3F)c12. The Balaban J connectivity index is 1.26. The van der Waals surface area contributed by atoms with Crippen LogP contribution in [0.25, 0.3) is 32.9 Å². The number of nitrogens with zero attached hydrogens (tertiary/aromatic N) is 5. The Morgan fingerprint density at radius 1 is 1.11 bits per heavy atom. The molecule has 44 heavy (non-hydrogen) atoms. The normalized spacial score (nSPS) is 25.0. The molecule has 0 amide bonds. The molecule has 8 rings (SSSR count). The van der Waals surface area contributed by atoms with Crippen molar-refractivity contribution in [1.82, 2.24) is 25.2 Å². The summed E-state index contributed by atoms with van der Waals surface area (Å²) in [4.78, 5) is 18.9. The Bertz CT molecular complexity index is 1860. The van der Waals surface area contributed by atoms with E-state index in [4.69, 9.17) is 16.1 Å². The van der Waals surface area contributed by atoms with Crippen LogP contribution in [0.15, 0.2) is 48.7 Å². The number of pyridine rings is 1. The minimum absolute atomic E-state index is 0.0605. The van der Waals surface area contributed by atoms with E-state index in [1.165, 1.54) is 11.6 Å². The molecule has 2 bridgehead atoms. The van der Waals surface area contributed by atoms with Gasteiger partial charge in [-0.25, -0.2) is 8.78 Å². The van der Waals surface area contributed by atoms with Crippen LogP contribution in [0.2, 0.25) is 0 Å². The van der Waals surface area contributed by atoms with Crippen LogP contribution < -0.4 is 15.0 Å². The number of benzene rings is 2. The standard InChI is InChI=1S/C35H34F2N6O/c1-3-25-28(36)12-9-22-7-6-8-26(29(22)25)31-30(37)32-27(16-38-31)33(42-18-23-10-11-24(19-42)39-23)41-34(40-32)44-20-35-13-4-5-14-43(35)17-21(2)15-35/h1,6-9,12,16,23-24,39H,2,4-5,10-11,13-15,17-20H2. The molecule has 4 aromatic rings. The Labute approximate surface area is 255 Å². The third-order valence-corrected chi connectivity index (χ3v) is 10.0. The number of halogens is 2. The van der Waals surface area contributed by atoms with E-state index in [1.54, 1.807) is 24.4 Å². The van der Waals surface area contributed by atoms with Gasteiger partial charge in [-0.1, -0.05) is 48.8 Å². The van der Waals surface area contributed by atoms with Gasteiger partial charge in [-0.3, -0.25) is 9.88 Å². The summed E-state index contributed by atoms with van der Waals surface area (Å²) in [7, 11) is 0. The zero-order chi connectivity index (χ0) is 30.0. The van der Waals surface area contributed by atoms with Crippen molar-refractivity contribution in [2.45, 2.75) is 56.1 Å². The van der Waals surface area contributed by atoms with Crippen LogP contribution in [0.5, 0.6) is 6.01 Å². The van der Waals surface area contributed by atoms with Gasteiger partial charge in [0.05, 0.1) is 16.5 Å². The van der Waals surface area contributed by atoms with Crippen molar-refractivity contribution in [1.29, 1.82) is 0 Å². The third-order valence-electron chi connectivity index (χ3n) is 10.0. The summed E-state index contributed by atoms with van der Waals surface area (Å²) < 4.78 is 38.0. The van der Waals surface area contributed by atoms with Crippen LogP contribution >= 0.6 is 0 Å². The predicted octanol–water partition coefficient (Wildman–Crippen LogP) is 5.61. The molecule has 0 saturated carbocycles. The molecule has 4 aliphatic rings. The molecule has 2 aromatic heterocycles. The van der Waals surface area contributed by atoms with Gasteiger partial charge < -0.3 is 15.0 Å². The second-order valence-corrected chi connectivity index (χ2v) is 12.8. The summed E-state index contributed by atoms with van der Waals surface area (Å²) >= 11 is 0. The van der Waals surface area contributed by atoms with Crippen molar-refractivity contribution < 1.29 is 13.5 Å². The zero-order valence-corrected chi connectivity index (χ0v) is 24.6. The fourth-order valence-electron chi connectivity index (χ4n) is 7.98. The number of rotatable bonds is 5. The Morgan fingerprint density at radius 3 is 2.77 bits per heavy atom. The number of ether oxygens (including phenoxy) is 1. The zero-order valence-electron chi connectivity index (χ0n) is 24.6. The number of hydrogen-bond donors (Lipinski definition) is 1. The highest BCUT2D eigenvalue weighted by Crippen LogP contribution is 2.41. The van der Waals surface area contributed by atoms with Crippen LogP contribution in [0.3, 0.4) is 0 Å². The van der Waals surface area contributed by atoms with Crippen LogP contribution in [0.4, 0.5) is 14.6 Å². The number of nitrogens with one attached hydrogen (secondary N) is 1. The highest BCUT2D eigenvalue weighted by molar-refractivity contribution is 6.02. The lowest BCUT2D eigenvalue weighted by molar-refractivity contribution is 0.0388. The number of hydrogen-bond acceptors (Lipinski definition) is 7. The summed E-state index contributed by atoms with van der Waals surface area (Å²) in [5.74, 6) is 1.94. The van der Waals surface area contributed by atoms with Gasteiger partial charge in [0.1, 0.15) is 29.5 Å². The first-order chi connectivity index (χ1) is 21.4. The van der Waals surface area contributed by atoms with Gasteiger partial charge in [0.2, 0.25) is 0 Å². The largest absolute Gasteiger partial charge is 0.461 e. The Kier molecular flexibility index (Phi) is 6.54. The number of fused-ring (bicyclic) bond motifs is 5. The molecule has 6 heterocycles. The van der Waals surface area contributed by atoms with Gasteiger partial charge in [-0.2, -0.15) is 9.97 Å². The van der Waals surface area contributed by atoms with E-state index in [0.717, 1.165) is 64.7 Å². The molecule has 9 heteroatoms. The molecular weight excluding hydrogens is 558 g/mol. The van der Waals surface area contributed by atoms with E-state index in [-0.39, 0.29) is 28.3 Å². The molecule has 1 N–H and O–H groups in total. The van der Waals surface area contributed by atoms with Gasteiger partial charge in [0, 0.05) is 48.9 Å². The van der Waals surface area contributed by atoms with Crippen LogP contribution in [-0.4, -0.2) is 70.3 Å². The van der Waals surface area contributed by atoms with E-state index in [2.05, 4.69) is 37.6 Å². The lowest BCUT2D eigenvalue weighted by atomic mass is 9.86. The topological polar surface area (TPSA) is 66.4 Å². The summed E-state index contributed by atoms with van der Waals surface area (Å²) in [6.45, 7) is 8.11. The summed E-state index contributed by atoms with van der Waals surface area (Å²) in [5.41, 5.74) is 1.76. The molecule has 0 spiro atoms. The maximum Gasteiger partial charge on any atom is 0.319 e. The summed E-state index contributed by atoms with van der Waals surface area (Å²) in [6, 6.07) is 9.18. The number of anilines is 1. The van der Waals surface area contributed by atoms with E-state index in [0.29, 0.717) is 46.2 Å². The molecule has 0 aliphatic carbocycles. The molecule has 4 fully saturated rings. The molecular formula is C35H34F2N6O.